The average Bonchev–Trinajstić information content (AvgIpc) is 2.93. The summed E-state index contributed by atoms with van der Waals surface area (Å²) in [6.45, 7) is 0. The van der Waals surface area contributed by atoms with Gasteiger partial charge in [0.2, 0.25) is 0 Å². The minimum Gasteiger partial charge on any atom is -0.360 e. The lowest BCUT2D eigenvalue weighted by Gasteiger charge is -2.25. The van der Waals surface area contributed by atoms with E-state index in [1.807, 2.05) is 42.6 Å². The van der Waals surface area contributed by atoms with Crippen LogP contribution in [0.15, 0.2) is 48.7 Å². The fourth-order valence-corrected chi connectivity index (χ4v) is 2.42. The first-order valence-electron chi connectivity index (χ1n) is 5.91. The van der Waals surface area contributed by atoms with Gasteiger partial charge in [-0.05, 0) is 48.1 Å². The largest absolute Gasteiger partial charge is 0.360 e. The number of hydrogen-bond acceptors (Lipinski definition) is 1. The van der Waals surface area contributed by atoms with Gasteiger partial charge in [0.1, 0.15) is 0 Å². The van der Waals surface area contributed by atoms with Gasteiger partial charge in [0, 0.05) is 11.2 Å². The maximum atomic E-state index is 5.91. The molecule has 19 heavy (non-hydrogen) atoms. The highest BCUT2D eigenvalue weighted by atomic mass is 35.5. The summed E-state index contributed by atoms with van der Waals surface area (Å²) < 4.78 is 0. The van der Waals surface area contributed by atoms with E-state index in [0.717, 1.165) is 22.0 Å². The average molecular weight is 290 g/mol. The molecule has 0 amide bonds. The Hall–Kier alpha value is -1.78. The number of hydrogen-bond donors (Lipinski definition) is 3. The van der Waals surface area contributed by atoms with Crippen LogP contribution in [0, 0.1) is 0 Å². The van der Waals surface area contributed by atoms with Crippen molar-refractivity contribution < 1.29 is 0 Å². The van der Waals surface area contributed by atoms with E-state index in [2.05, 4.69) is 21.7 Å². The second-order valence-corrected chi connectivity index (χ2v) is 5.14. The lowest BCUT2D eigenvalue weighted by molar-refractivity contribution is 0.764. The third kappa shape index (κ3) is 2.64. The van der Waals surface area contributed by atoms with Crippen LogP contribution in [0.25, 0.3) is 5.70 Å². The summed E-state index contributed by atoms with van der Waals surface area (Å²) in [5.41, 5.74) is 3.12. The highest BCUT2D eigenvalue weighted by molar-refractivity contribution is 7.80. The van der Waals surface area contributed by atoms with Crippen molar-refractivity contribution in [2.75, 3.05) is 0 Å². The molecule has 1 aromatic heterocycles. The van der Waals surface area contributed by atoms with Gasteiger partial charge in [0.25, 0.3) is 0 Å². The van der Waals surface area contributed by atoms with Crippen LogP contribution in [0.1, 0.15) is 17.3 Å². The lowest BCUT2D eigenvalue weighted by Crippen LogP contribution is -2.40. The van der Waals surface area contributed by atoms with Gasteiger partial charge in [-0.3, -0.25) is 0 Å². The van der Waals surface area contributed by atoms with Gasteiger partial charge in [0.05, 0.1) is 17.4 Å². The van der Waals surface area contributed by atoms with Crippen LogP contribution in [-0.2, 0) is 0 Å². The summed E-state index contributed by atoms with van der Waals surface area (Å²) in [6, 6.07) is 11.8. The van der Waals surface area contributed by atoms with Gasteiger partial charge < -0.3 is 15.6 Å². The highest BCUT2D eigenvalue weighted by Crippen LogP contribution is 2.23. The van der Waals surface area contributed by atoms with E-state index in [0.29, 0.717) is 5.11 Å². The maximum Gasteiger partial charge on any atom is 0.171 e. The van der Waals surface area contributed by atoms with Crippen LogP contribution >= 0.6 is 23.8 Å². The van der Waals surface area contributed by atoms with E-state index in [4.69, 9.17) is 23.8 Å². The second kappa shape index (κ2) is 5.07. The molecule has 3 nitrogen and oxygen atoms in total. The van der Waals surface area contributed by atoms with Crippen molar-refractivity contribution >= 4 is 34.6 Å². The molecule has 96 valence electrons. The zero-order valence-corrected chi connectivity index (χ0v) is 11.6. The van der Waals surface area contributed by atoms with Gasteiger partial charge in [0.15, 0.2) is 5.11 Å². The number of aromatic amines is 1. The van der Waals surface area contributed by atoms with Crippen LogP contribution in [0.4, 0.5) is 0 Å². The van der Waals surface area contributed by atoms with Crippen LogP contribution in [-0.4, -0.2) is 10.1 Å². The van der Waals surface area contributed by atoms with E-state index in [9.17, 15) is 0 Å². The summed E-state index contributed by atoms with van der Waals surface area (Å²) in [5.74, 6) is 0. The van der Waals surface area contributed by atoms with Crippen molar-refractivity contribution in [3.05, 3.63) is 65.0 Å². The third-order valence-electron chi connectivity index (χ3n) is 2.99. The summed E-state index contributed by atoms with van der Waals surface area (Å²) >= 11 is 11.2. The zero-order valence-electron chi connectivity index (χ0n) is 9.98. The van der Waals surface area contributed by atoms with E-state index >= 15 is 0 Å². The standard InChI is InChI=1S/C14H12ClN3S/c15-10-5-3-9(4-6-10)12-8-13(18-14(19)17-12)11-2-1-7-16-11/h1-8,12,16H,(H2,17,18,19). The summed E-state index contributed by atoms with van der Waals surface area (Å²) in [7, 11) is 0. The van der Waals surface area contributed by atoms with E-state index < -0.39 is 0 Å². The van der Waals surface area contributed by atoms with Crippen LogP contribution in [0.3, 0.4) is 0 Å². The summed E-state index contributed by atoms with van der Waals surface area (Å²) in [4.78, 5) is 3.17. The number of rotatable bonds is 2. The Morgan fingerprint density at radius 2 is 1.89 bits per heavy atom. The predicted octanol–water partition coefficient (Wildman–Crippen LogP) is 3.23. The van der Waals surface area contributed by atoms with Crippen molar-refractivity contribution in [2.24, 2.45) is 0 Å². The summed E-state index contributed by atoms with van der Waals surface area (Å²) in [6.07, 6.45) is 3.99. The molecule has 0 spiro atoms. The molecule has 0 fully saturated rings. The number of halogens is 1. The molecule has 0 radical (unpaired) electrons. The molecule has 3 N–H and O–H groups in total. The Kier molecular flexibility index (Phi) is 3.27. The number of benzene rings is 1. The first-order chi connectivity index (χ1) is 9.22. The SMILES string of the molecule is S=C1NC(c2ccc[nH]2)=CC(c2ccc(Cl)cc2)N1. The number of thiocarbonyl (C=S) groups is 1. The fourth-order valence-electron chi connectivity index (χ4n) is 2.05. The molecule has 1 aliphatic rings. The summed E-state index contributed by atoms with van der Waals surface area (Å²) in [5, 5.41) is 7.73. The van der Waals surface area contributed by atoms with E-state index in [1.165, 1.54) is 0 Å². The highest BCUT2D eigenvalue weighted by Gasteiger charge is 2.18. The molecule has 0 aliphatic carbocycles. The molecule has 2 heterocycles. The van der Waals surface area contributed by atoms with E-state index in [1.54, 1.807) is 0 Å². The minimum atomic E-state index is 0.0457. The molecule has 2 aromatic rings. The maximum absolute atomic E-state index is 5.91. The van der Waals surface area contributed by atoms with Crippen LogP contribution in [0.5, 0.6) is 0 Å². The molecule has 1 aliphatic heterocycles. The van der Waals surface area contributed by atoms with E-state index in [-0.39, 0.29) is 6.04 Å². The lowest BCUT2D eigenvalue weighted by atomic mass is 10.0. The van der Waals surface area contributed by atoms with Gasteiger partial charge >= 0.3 is 0 Å². The van der Waals surface area contributed by atoms with Crippen molar-refractivity contribution in [3.63, 3.8) is 0 Å². The van der Waals surface area contributed by atoms with Crippen LogP contribution < -0.4 is 10.6 Å². The van der Waals surface area contributed by atoms with Gasteiger partial charge in [-0.15, -0.1) is 0 Å². The van der Waals surface area contributed by atoms with Gasteiger partial charge in [-0.2, -0.15) is 0 Å². The zero-order chi connectivity index (χ0) is 13.2. The first-order valence-corrected chi connectivity index (χ1v) is 6.69. The topological polar surface area (TPSA) is 39.9 Å². The van der Waals surface area contributed by atoms with Gasteiger partial charge in [-0.1, -0.05) is 23.7 Å². The Balaban J connectivity index is 1.95. The third-order valence-corrected chi connectivity index (χ3v) is 3.46. The fraction of sp³-hybridized carbons (Fsp3) is 0.0714. The molecule has 5 heteroatoms. The first kappa shape index (κ1) is 12.3. The molecule has 0 bridgehead atoms. The minimum absolute atomic E-state index is 0.0457. The Morgan fingerprint density at radius 1 is 1.11 bits per heavy atom. The molecule has 1 aromatic carbocycles. The molecule has 0 saturated heterocycles. The van der Waals surface area contributed by atoms with Crippen molar-refractivity contribution in [2.45, 2.75) is 6.04 Å². The van der Waals surface area contributed by atoms with Crippen LogP contribution in [0.2, 0.25) is 5.02 Å². The second-order valence-electron chi connectivity index (χ2n) is 4.29. The Morgan fingerprint density at radius 3 is 2.58 bits per heavy atom. The molecule has 1 atom stereocenters. The van der Waals surface area contributed by atoms with Gasteiger partial charge in [-0.25, -0.2) is 0 Å². The van der Waals surface area contributed by atoms with Crippen molar-refractivity contribution in [1.29, 1.82) is 0 Å². The van der Waals surface area contributed by atoms with Crippen molar-refractivity contribution in [3.8, 4) is 0 Å². The molecular weight excluding hydrogens is 278 g/mol. The number of aromatic nitrogens is 1. The smallest absolute Gasteiger partial charge is 0.171 e. The predicted molar refractivity (Wildman–Crippen MR) is 81.8 cm³/mol. The quantitative estimate of drug-likeness (QED) is 0.744. The molecular formula is C14H12ClN3S. The molecule has 0 saturated carbocycles. The normalized spacial score (nSPS) is 18.5. The monoisotopic (exact) mass is 289 g/mol. The molecule has 3 rings (SSSR count). The van der Waals surface area contributed by atoms with Crippen molar-refractivity contribution in [1.82, 2.24) is 15.6 Å². The molecule has 1 unspecified atom stereocenters. The Bertz CT molecular complexity index is 617. The Labute approximate surface area is 121 Å². The number of nitrogens with one attached hydrogen (secondary N) is 3. The number of H-pyrrole nitrogens is 1.